The molecule has 1 aromatic carbocycles. The average Bonchev–Trinajstić information content (AvgIpc) is 2.45. The topological polar surface area (TPSA) is 49.7 Å². The van der Waals surface area contributed by atoms with Crippen LogP contribution in [-0.2, 0) is 17.1 Å². The van der Waals surface area contributed by atoms with Crippen LogP contribution in [0.15, 0.2) is 35.8 Å². The lowest BCUT2D eigenvalue weighted by molar-refractivity contribution is -0.144. The summed E-state index contributed by atoms with van der Waals surface area (Å²) in [6.07, 6.45) is -8.33. The van der Waals surface area contributed by atoms with Gasteiger partial charge in [0, 0.05) is 6.21 Å². The zero-order chi connectivity index (χ0) is 19.6. The molecule has 0 heterocycles. The fourth-order valence-electron chi connectivity index (χ4n) is 2.06. The molecule has 0 bridgehead atoms. The predicted octanol–water partition coefficient (Wildman–Crippen LogP) is 4.81. The highest BCUT2D eigenvalue weighted by molar-refractivity contribution is 5.88. The van der Waals surface area contributed by atoms with Crippen LogP contribution in [0.4, 0.5) is 26.3 Å². The van der Waals surface area contributed by atoms with Crippen molar-refractivity contribution < 1.29 is 36.2 Å². The number of rotatable bonds is 5. The van der Waals surface area contributed by atoms with E-state index in [1.165, 1.54) is 13.8 Å². The molecule has 3 nitrogen and oxygen atoms in total. The Labute approximate surface area is 139 Å². The number of hydrogen-bond donors (Lipinski definition) is 1. The first kappa shape index (κ1) is 20.7. The van der Waals surface area contributed by atoms with Crippen molar-refractivity contribution >= 4 is 12.2 Å². The number of aliphatic imine (C=N–C) groups is 1. The van der Waals surface area contributed by atoms with Crippen molar-refractivity contribution in [3.63, 3.8) is 0 Å². The van der Waals surface area contributed by atoms with Gasteiger partial charge in [0.1, 0.15) is 0 Å². The highest BCUT2D eigenvalue weighted by atomic mass is 19.4. The molecule has 0 fully saturated rings. The molecule has 0 radical (unpaired) electrons. The summed E-state index contributed by atoms with van der Waals surface area (Å²) in [5, 5.41) is 9.29. The molecule has 0 spiro atoms. The molecule has 9 heteroatoms. The summed E-state index contributed by atoms with van der Waals surface area (Å²) in [6, 6.07) is 0.918. The maximum absolute atomic E-state index is 12.8. The summed E-state index contributed by atoms with van der Waals surface area (Å²) in [6.45, 7) is 6.32. The third-order valence-electron chi connectivity index (χ3n) is 3.57. The molecule has 138 valence electrons. The van der Waals surface area contributed by atoms with Gasteiger partial charge in [-0.25, -0.2) is 4.79 Å². The number of alkyl halides is 6. The Hall–Kier alpha value is -2.32. The number of carboxylic acids is 1. The largest absolute Gasteiger partial charge is 0.479 e. The molecule has 1 atom stereocenters. The smallest absolute Gasteiger partial charge is 0.416 e. The van der Waals surface area contributed by atoms with Gasteiger partial charge in [0.15, 0.2) is 5.54 Å². The van der Waals surface area contributed by atoms with Crippen LogP contribution >= 0.6 is 0 Å². The van der Waals surface area contributed by atoms with E-state index in [4.69, 9.17) is 0 Å². The van der Waals surface area contributed by atoms with Gasteiger partial charge in [-0.1, -0.05) is 19.9 Å². The van der Waals surface area contributed by atoms with Gasteiger partial charge in [0.05, 0.1) is 11.1 Å². The first-order chi connectivity index (χ1) is 11.2. The van der Waals surface area contributed by atoms with Gasteiger partial charge in [-0.2, -0.15) is 26.3 Å². The summed E-state index contributed by atoms with van der Waals surface area (Å²) in [5.41, 5.74) is -5.40. The van der Waals surface area contributed by atoms with Gasteiger partial charge in [0.25, 0.3) is 0 Å². The molecule has 0 amide bonds. The van der Waals surface area contributed by atoms with Crippen LogP contribution in [0, 0.1) is 5.92 Å². The SMILES string of the molecule is C=C[C@](/N=C/c1cc(C(F)(F)F)cc(C(F)(F)F)c1)(C(=O)O)C(C)C. The highest BCUT2D eigenvalue weighted by Gasteiger charge is 2.39. The number of benzene rings is 1. The summed E-state index contributed by atoms with van der Waals surface area (Å²) in [7, 11) is 0. The Kier molecular flexibility index (Phi) is 5.71. The van der Waals surface area contributed by atoms with Gasteiger partial charge in [-0.05, 0) is 29.7 Å². The van der Waals surface area contributed by atoms with Crippen molar-refractivity contribution in [2.45, 2.75) is 31.7 Å². The Morgan fingerprint density at radius 1 is 1.08 bits per heavy atom. The molecule has 0 aromatic heterocycles. The van der Waals surface area contributed by atoms with Gasteiger partial charge in [-0.3, -0.25) is 4.99 Å². The third-order valence-corrected chi connectivity index (χ3v) is 3.57. The third kappa shape index (κ3) is 4.61. The molecule has 0 saturated carbocycles. The van der Waals surface area contributed by atoms with Crippen LogP contribution < -0.4 is 0 Å². The normalized spacial score (nSPS) is 15.4. The van der Waals surface area contributed by atoms with E-state index >= 15 is 0 Å². The van der Waals surface area contributed by atoms with Crippen LogP contribution in [0.2, 0.25) is 0 Å². The minimum atomic E-state index is -5.00. The Balaban J connectivity index is 3.51. The molecular formula is C16H15F6NO2. The van der Waals surface area contributed by atoms with E-state index in [1.54, 1.807) is 0 Å². The molecule has 0 unspecified atom stereocenters. The summed E-state index contributed by atoms with van der Waals surface area (Å²) in [5.74, 6) is -2.05. The van der Waals surface area contributed by atoms with Crippen molar-refractivity contribution in [3.8, 4) is 0 Å². The second-order valence-corrected chi connectivity index (χ2v) is 5.59. The maximum atomic E-state index is 12.8. The van der Waals surface area contributed by atoms with Crippen LogP contribution in [0.25, 0.3) is 0 Å². The van der Waals surface area contributed by atoms with E-state index in [2.05, 4.69) is 11.6 Å². The van der Waals surface area contributed by atoms with Crippen LogP contribution in [0.3, 0.4) is 0 Å². The van der Waals surface area contributed by atoms with E-state index < -0.39 is 46.5 Å². The number of carboxylic acid groups (broad SMARTS) is 1. The minimum absolute atomic E-state index is 0.0161. The lowest BCUT2D eigenvalue weighted by Crippen LogP contribution is -2.40. The second kappa shape index (κ2) is 6.89. The fraction of sp³-hybridized carbons (Fsp3) is 0.375. The lowest BCUT2D eigenvalue weighted by atomic mass is 9.87. The van der Waals surface area contributed by atoms with E-state index in [9.17, 15) is 36.2 Å². The Bertz CT molecular complexity index is 659. The van der Waals surface area contributed by atoms with E-state index in [0.717, 1.165) is 6.08 Å². The zero-order valence-corrected chi connectivity index (χ0v) is 13.2. The summed E-state index contributed by atoms with van der Waals surface area (Å²) in [4.78, 5) is 15.1. The quantitative estimate of drug-likeness (QED) is 0.461. The molecule has 25 heavy (non-hydrogen) atoms. The molecule has 0 aliphatic rings. The van der Waals surface area contributed by atoms with Crippen molar-refractivity contribution in [1.29, 1.82) is 0 Å². The van der Waals surface area contributed by atoms with Gasteiger partial charge >= 0.3 is 18.3 Å². The van der Waals surface area contributed by atoms with Crippen molar-refractivity contribution in [3.05, 3.63) is 47.5 Å². The van der Waals surface area contributed by atoms with E-state index in [0.29, 0.717) is 18.3 Å². The van der Waals surface area contributed by atoms with Gasteiger partial charge in [0.2, 0.25) is 0 Å². The first-order valence-electron chi connectivity index (χ1n) is 6.95. The average molecular weight is 367 g/mol. The standard InChI is InChI=1S/C16H15F6NO2/c1-4-14(9(2)3,13(24)25)23-8-10-5-11(15(17,18)19)7-12(6-10)16(20,21)22/h4-9H,1H2,2-3H3,(H,24,25)/b23-8+/t14-/m1/s1. The number of hydrogen-bond acceptors (Lipinski definition) is 2. The first-order valence-corrected chi connectivity index (χ1v) is 6.95. The van der Waals surface area contributed by atoms with Crippen LogP contribution in [-0.4, -0.2) is 22.8 Å². The summed E-state index contributed by atoms with van der Waals surface area (Å²) < 4.78 is 76.9. The Morgan fingerprint density at radius 3 is 1.80 bits per heavy atom. The molecule has 0 aliphatic carbocycles. The molecule has 0 saturated heterocycles. The molecular weight excluding hydrogens is 352 g/mol. The number of halogens is 6. The molecule has 1 N–H and O–H groups in total. The van der Waals surface area contributed by atoms with Crippen molar-refractivity contribution in [1.82, 2.24) is 0 Å². The monoisotopic (exact) mass is 367 g/mol. The highest BCUT2D eigenvalue weighted by Crippen LogP contribution is 2.36. The maximum Gasteiger partial charge on any atom is 0.416 e. The molecule has 0 aliphatic heterocycles. The predicted molar refractivity (Wildman–Crippen MR) is 79.4 cm³/mol. The van der Waals surface area contributed by atoms with E-state index in [-0.39, 0.29) is 6.07 Å². The van der Waals surface area contributed by atoms with E-state index in [1.807, 2.05) is 0 Å². The lowest BCUT2D eigenvalue weighted by Gasteiger charge is -2.25. The van der Waals surface area contributed by atoms with Crippen LogP contribution in [0.1, 0.15) is 30.5 Å². The number of aliphatic carboxylic acids is 1. The second-order valence-electron chi connectivity index (χ2n) is 5.59. The minimum Gasteiger partial charge on any atom is -0.479 e. The molecule has 1 aromatic rings. The summed E-state index contributed by atoms with van der Waals surface area (Å²) >= 11 is 0. The molecule has 1 rings (SSSR count). The number of nitrogens with zero attached hydrogens (tertiary/aromatic N) is 1. The van der Waals surface area contributed by atoms with Gasteiger partial charge in [-0.15, -0.1) is 6.58 Å². The van der Waals surface area contributed by atoms with Gasteiger partial charge < -0.3 is 5.11 Å². The number of carbonyl (C=O) groups is 1. The van der Waals surface area contributed by atoms with Crippen molar-refractivity contribution in [2.24, 2.45) is 10.9 Å². The fourth-order valence-corrected chi connectivity index (χ4v) is 2.06. The van der Waals surface area contributed by atoms with Crippen molar-refractivity contribution in [2.75, 3.05) is 0 Å². The van der Waals surface area contributed by atoms with Crippen LogP contribution in [0.5, 0.6) is 0 Å². The zero-order valence-electron chi connectivity index (χ0n) is 13.2. The Morgan fingerprint density at radius 2 is 1.52 bits per heavy atom.